The van der Waals surface area contributed by atoms with Crippen molar-refractivity contribution in [3.63, 3.8) is 0 Å². The summed E-state index contributed by atoms with van der Waals surface area (Å²) in [5.74, 6) is -0.241. The van der Waals surface area contributed by atoms with E-state index in [4.69, 9.17) is 4.74 Å². The van der Waals surface area contributed by atoms with Crippen LogP contribution in [0.2, 0.25) is 0 Å². The van der Waals surface area contributed by atoms with Gasteiger partial charge >= 0.3 is 6.09 Å². The van der Waals surface area contributed by atoms with Gasteiger partial charge in [-0.15, -0.1) is 13.2 Å². The highest BCUT2D eigenvalue weighted by Crippen LogP contribution is 2.30. The van der Waals surface area contributed by atoms with Crippen LogP contribution in [0.25, 0.3) is 0 Å². The van der Waals surface area contributed by atoms with Crippen molar-refractivity contribution in [3.05, 3.63) is 50.1 Å². The van der Waals surface area contributed by atoms with Gasteiger partial charge in [0.15, 0.2) is 0 Å². The molecule has 1 rings (SSSR count). The van der Waals surface area contributed by atoms with Crippen LogP contribution in [-0.4, -0.2) is 28.7 Å². The topological polar surface area (TPSA) is 87.7 Å². The van der Waals surface area contributed by atoms with Crippen LogP contribution in [0.1, 0.15) is 45.2 Å². The molecule has 0 radical (unpaired) electrons. The molecule has 0 unspecified atom stereocenters. The van der Waals surface area contributed by atoms with Crippen molar-refractivity contribution >= 4 is 57.2 Å². The molecule has 0 spiro atoms. The van der Waals surface area contributed by atoms with Crippen LogP contribution in [-0.2, 0) is 9.53 Å². The molecule has 0 saturated heterocycles. The molecule has 0 fully saturated rings. The Kier molecular flexibility index (Phi) is 9.75. The van der Waals surface area contributed by atoms with Crippen LogP contribution in [0.3, 0.4) is 0 Å². The number of carbonyl (C=O) groups excluding carboxylic acids is 2. The Morgan fingerprint density at radius 1 is 1.14 bits per heavy atom. The second kappa shape index (κ2) is 11.0. The second-order valence-corrected chi connectivity index (χ2v) is 9.49. The molecule has 1 atom stereocenters. The number of hydrogen-bond acceptors (Lipinski definition) is 4. The third kappa shape index (κ3) is 7.98. The summed E-state index contributed by atoms with van der Waals surface area (Å²) >= 11 is 3.97. The van der Waals surface area contributed by atoms with Gasteiger partial charge in [-0.05, 0) is 96.5 Å². The zero-order chi connectivity index (χ0) is 21.5. The first kappa shape index (κ1) is 24.7. The molecule has 0 aliphatic rings. The highest BCUT2D eigenvalue weighted by Gasteiger charge is 2.28. The molecule has 1 aromatic carbocycles. The Balaban J connectivity index is 3.19. The lowest BCUT2D eigenvalue weighted by Gasteiger charge is -2.25. The van der Waals surface area contributed by atoms with Gasteiger partial charge in [-0.3, -0.25) is 4.79 Å². The van der Waals surface area contributed by atoms with Gasteiger partial charge in [-0.25, -0.2) is 4.79 Å². The average Bonchev–Trinajstić information content (AvgIpc) is 2.56. The predicted molar refractivity (Wildman–Crippen MR) is 127 cm³/mol. The predicted octanol–water partition coefficient (Wildman–Crippen LogP) is 4.80. The van der Waals surface area contributed by atoms with E-state index < -0.39 is 17.7 Å². The molecule has 8 heteroatoms. The van der Waals surface area contributed by atoms with Crippen LogP contribution < -0.4 is 10.6 Å². The number of alkyl carbamates (subject to hydrolysis) is 1. The van der Waals surface area contributed by atoms with E-state index in [0.717, 1.165) is 0 Å². The van der Waals surface area contributed by atoms with Crippen molar-refractivity contribution in [1.82, 2.24) is 10.6 Å². The summed E-state index contributed by atoms with van der Waals surface area (Å²) in [5, 5.41) is 15.6. The number of benzene rings is 1. The standard InChI is InChI=1S/C20H26I2N2O4/c1-6-8-13(9-7-2)23-18(26)16(24-19(27)28-20(3,4)5)12-10-14(21)17(25)15(22)11-12/h6-7,10-11,13,16,25H,1-2,8-9H2,3-5H3,(H,23,26)(H,24,27)/t16-/m1/s1. The molecular formula is C20H26I2N2O4. The maximum absolute atomic E-state index is 13.0. The Labute approximate surface area is 193 Å². The number of ether oxygens (including phenoxy) is 1. The lowest BCUT2D eigenvalue weighted by atomic mass is 10.0. The van der Waals surface area contributed by atoms with Crippen molar-refractivity contribution in [1.29, 1.82) is 0 Å². The number of nitrogens with one attached hydrogen (secondary N) is 2. The van der Waals surface area contributed by atoms with Gasteiger partial charge in [0.05, 0.1) is 7.14 Å². The highest BCUT2D eigenvalue weighted by molar-refractivity contribution is 14.1. The average molecular weight is 612 g/mol. The molecule has 3 N–H and O–H groups in total. The summed E-state index contributed by atoms with van der Waals surface area (Å²) in [7, 11) is 0. The minimum Gasteiger partial charge on any atom is -0.506 e. The molecule has 154 valence electrons. The number of phenols is 1. The maximum atomic E-state index is 13.0. The largest absolute Gasteiger partial charge is 0.506 e. The Morgan fingerprint density at radius 3 is 2.07 bits per heavy atom. The minimum atomic E-state index is -0.977. The first-order valence-corrected chi connectivity index (χ1v) is 10.8. The molecule has 0 bridgehead atoms. The second-order valence-electron chi connectivity index (χ2n) is 7.17. The van der Waals surface area contributed by atoms with E-state index >= 15 is 0 Å². The van der Waals surface area contributed by atoms with E-state index in [1.807, 2.05) is 45.2 Å². The first-order chi connectivity index (χ1) is 13.0. The maximum Gasteiger partial charge on any atom is 0.408 e. The molecule has 0 aliphatic carbocycles. The Bertz CT molecular complexity index is 711. The monoisotopic (exact) mass is 612 g/mol. The third-order valence-corrected chi connectivity index (χ3v) is 5.19. The number of hydrogen-bond donors (Lipinski definition) is 3. The minimum absolute atomic E-state index is 0.137. The van der Waals surface area contributed by atoms with Gasteiger partial charge < -0.3 is 20.5 Å². The van der Waals surface area contributed by atoms with Crippen molar-refractivity contribution in [3.8, 4) is 5.75 Å². The van der Waals surface area contributed by atoms with Gasteiger partial charge in [-0.2, -0.15) is 0 Å². The number of halogens is 2. The SMILES string of the molecule is C=CCC(CC=C)NC(=O)[C@H](NC(=O)OC(C)(C)C)c1cc(I)c(O)c(I)c1. The molecular weight excluding hydrogens is 586 g/mol. The summed E-state index contributed by atoms with van der Waals surface area (Å²) in [6.45, 7) is 12.7. The molecule has 1 aromatic rings. The van der Waals surface area contributed by atoms with Crippen LogP contribution in [0, 0.1) is 7.14 Å². The molecule has 28 heavy (non-hydrogen) atoms. The lowest BCUT2D eigenvalue weighted by Crippen LogP contribution is -2.45. The van der Waals surface area contributed by atoms with E-state index in [0.29, 0.717) is 25.5 Å². The number of aromatic hydroxyl groups is 1. The van der Waals surface area contributed by atoms with Crippen molar-refractivity contribution in [2.75, 3.05) is 0 Å². The molecule has 0 heterocycles. The number of carbonyl (C=O) groups is 2. The quantitative estimate of drug-likeness (QED) is 0.291. The zero-order valence-corrected chi connectivity index (χ0v) is 20.5. The van der Waals surface area contributed by atoms with Crippen LogP contribution >= 0.6 is 45.2 Å². The van der Waals surface area contributed by atoms with Crippen molar-refractivity contribution in [2.45, 2.75) is 51.3 Å². The summed E-state index contributed by atoms with van der Waals surface area (Å²) in [4.78, 5) is 25.3. The number of rotatable bonds is 8. The smallest absolute Gasteiger partial charge is 0.408 e. The molecule has 0 saturated carbocycles. The Hall–Kier alpha value is -1.30. The van der Waals surface area contributed by atoms with Crippen LogP contribution in [0.15, 0.2) is 37.4 Å². The lowest BCUT2D eigenvalue weighted by molar-refractivity contribution is -0.124. The van der Waals surface area contributed by atoms with Gasteiger partial charge in [0.2, 0.25) is 5.91 Å². The molecule has 6 nitrogen and oxygen atoms in total. The van der Waals surface area contributed by atoms with Crippen LogP contribution in [0.5, 0.6) is 5.75 Å². The zero-order valence-electron chi connectivity index (χ0n) is 16.2. The fraction of sp³-hybridized carbons (Fsp3) is 0.400. The fourth-order valence-corrected chi connectivity index (χ4v) is 4.19. The van der Waals surface area contributed by atoms with E-state index in [-0.39, 0.29) is 17.7 Å². The summed E-state index contributed by atoms with van der Waals surface area (Å²) in [5.41, 5.74) is -0.150. The van der Waals surface area contributed by atoms with Gasteiger partial charge in [0.1, 0.15) is 17.4 Å². The van der Waals surface area contributed by atoms with Crippen LogP contribution in [0.4, 0.5) is 4.79 Å². The normalized spacial score (nSPS) is 12.2. The fourth-order valence-electron chi connectivity index (χ4n) is 2.38. The third-order valence-electron chi connectivity index (χ3n) is 3.54. The highest BCUT2D eigenvalue weighted by atomic mass is 127. The van der Waals surface area contributed by atoms with Gasteiger partial charge in [0.25, 0.3) is 0 Å². The summed E-state index contributed by atoms with van der Waals surface area (Å²) < 4.78 is 6.47. The van der Waals surface area contributed by atoms with E-state index in [1.165, 1.54) is 0 Å². The van der Waals surface area contributed by atoms with Crippen molar-refractivity contribution < 1.29 is 19.4 Å². The van der Waals surface area contributed by atoms with Crippen molar-refractivity contribution in [2.24, 2.45) is 0 Å². The van der Waals surface area contributed by atoms with Gasteiger partial charge in [0, 0.05) is 6.04 Å². The molecule has 2 amide bonds. The Morgan fingerprint density at radius 2 is 1.64 bits per heavy atom. The van der Waals surface area contributed by atoms with Gasteiger partial charge in [-0.1, -0.05) is 12.2 Å². The molecule has 0 aromatic heterocycles. The molecule has 0 aliphatic heterocycles. The van der Waals surface area contributed by atoms with E-state index in [9.17, 15) is 14.7 Å². The summed E-state index contributed by atoms with van der Waals surface area (Å²) in [6.07, 6.45) is 3.88. The van der Waals surface area contributed by atoms with E-state index in [2.05, 4.69) is 23.8 Å². The van der Waals surface area contributed by atoms with E-state index in [1.54, 1.807) is 45.1 Å². The first-order valence-electron chi connectivity index (χ1n) is 8.68. The number of phenolic OH excluding ortho intramolecular Hbond substituents is 1. The number of amides is 2. The summed E-state index contributed by atoms with van der Waals surface area (Å²) in [6, 6.07) is 2.17.